The predicted octanol–water partition coefficient (Wildman–Crippen LogP) is 3.39. The summed E-state index contributed by atoms with van der Waals surface area (Å²) in [5, 5.41) is 23.0. The molecule has 0 radical (unpaired) electrons. The molecule has 0 saturated heterocycles. The van der Waals surface area contributed by atoms with E-state index in [9.17, 15) is 24.6 Å². The molecule has 0 heterocycles. The number of rotatable bonds is 7. The molecule has 3 aromatic carbocycles. The lowest BCUT2D eigenvalue weighted by molar-refractivity contribution is -0.147. The van der Waals surface area contributed by atoms with Crippen LogP contribution in [0.3, 0.4) is 0 Å². The van der Waals surface area contributed by atoms with Crippen LogP contribution in [-0.2, 0) is 20.9 Å². The Kier molecular flexibility index (Phi) is 6.09. The molecule has 29 heavy (non-hydrogen) atoms. The maximum atomic E-state index is 12.2. The molecule has 0 aromatic heterocycles. The van der Waals surface area contributed by atoms with Crippen molar-refractivity contribution >= 4 is 28.8 Å². The number of amides is 1. The number of carbonyl (C=O) groups is 3. The lowest BCUT2D eigenvalue weighted by Gasteiger charge is -2.23. The number of fused-ring (bicyclic) bond motifs is 1. The van der Waals surface area contributed by atoms with Crippen LogP contribution in [-0.4, -0.2) is 34.3 Å². The van der Waals surface area contributed by atoms with Gasteiger partial charge in [-0.25, -0.2) is 9.59 Å². The topological polar surface area (TPSA) is 113 Å². The Balaban J connectivity index is 1.85. The van der Waals surface area contributed by atoms with Gasteiger partial charge in [0.15, 0.2) is 0 Å². The first-order valence-electron chi connectivity index (χ1n) is 8.88. The zero-order chi connectivity index (χ0) is 20.8. The highest BCUT2D eigenvalue weighted by Gasteiger charge is 2.37. The smallest absolute Gasteiger partial charge is 0.408 e. The van der Waals surface area contributed by atoms with Crippen LogP contribution < -0.4 is 5.32 Å². The molecule has 0 fully saturated rings. The highest BCUT2D eigenvalue weighted by atomic mass is 16.5. The van der Waals surface area contributed by atoms with E-state index in [-0.39, 0.29) is 6.61 Å². The Morgan fingerprint density at radius 2 is 1.48 bits per heavy atom. The second kappa shape index (κ2) is 8.88. The first kappa shape index (κ1) is 19.9. The fourth-order valence-corrected chi connectivity index (χ4v) is 3.16. The fourth-order valence-electron chi connectivity index (χ4n) is 3.16. The van der Waals surface area contributed by atoms with Crippen molar-refractivity contribution in [3.63, 3.8) is 0 Å². The van der Waals surface area contributed by atoms with Gasteiger partial charge in [-0.15, -0.1) is 0 Å². The molecule has 0 aliphatic heterocycles. The summed E-state index contributed by atoms with van der Waals surface area (Å²) in [6.07, 6.45) is -1.01. The molecule has 7 nitrogen and oxygen atoms in total. The summed E-state index contributed by atoms with van der Waals surface area (Å²) in [5.41, 5.74) is 1.02. The molecular weight excluding hydrogens is 374 g/mol. The maximum Gasteiger partial charge on any atom is 0.408 e. The molecule has 2 atom stereocenters. The second-order valence-electron chi connectivity index (χ2n) is 6.41. The SMILES string of the molecule is O=C(N[C@H](C(=O)O)C(C(=O)O)c1cccc2ccccc12)OCc1ccccc1. The molecule has 0 aliphatic rings. The van der Waals surface area contributed by atoms with Crippen LogP contribution in [0.15, 0.2) is 72.8 Å². The average Bonchev–Trinajstić information content (AvgIpc) is 2.72. The molecule has 3 aromatic rings. The predicted molar refractivity (Wildman–Crippen MR) is 106 cm³/mol. The van der Waals surface area contributed by atoms with Crippen molar-refractivity contribution < 1.29 is 29.3 Å². The summed E-state index contributed by atoms with van der Waals surface area (Å²) in [4.78, 5) is 36.0. The lowest BCUT2D eigenvalue weighted by Crippen LogP contribution is -2.47. The minimum absolute atomic E-state index is 0.0645. The standard InChI is InChI=1S/C22H19NO6/c24-20(25)18(17-12-6-10-15-9-4-5-11-16(15)17)19(21(26)27)23-22(28)29-13-14-7-2-1-3-8-14/h1-12,18-19H,13H2,(H,23,28)(H,24,25)(H,26,27)/t18?,19-/m0/s1. The largest absolute Gasteiger partial charge is 0.481 e. The number of alkyl carbamates (subject to hydrolysis) is 1. The Morgan fingerprint density at radius 1 is 0.828 bits per heavy atom. The molecule has 3 rings (SSSR count). The highest BCUT2D eigenvalue weighted by Crippen LogP contribution is 2.29. The van der Waals surface area contributed by atoms with Gasteiger partial charge < -0.3 is 20.3 Å². The van der Waals surface area contributed by atoms with Gasteiger partial charge in [0, 0.05) is 0 Å². The number of nitrogens with one attached hydrogen (secondary N) is 1. The normalized spacial score (nSPS) is 12.7. The molecule has 1 amide bonds. The van der Waals surface area contributed by atoms with Crippen molar-refractivity contribution in [1.82, 2.24) is 5.32 Å². The number of hydrogen-bond donors (Lipinski definition) is 3. The van der Waals surface area contributed by atoms with Gasteiger partial charge in [0.1, 0.15) is 18.6 Å². The summed E-state index contributed by atoms with van der Waals surface area (Å²) < 4.78 is 5.06. The van der Waals surface area contributed by atoms with Crippen molar-refractivity contribution in [3.05, 3.63) is 83.9 Å². The Labute approximate surface area is 166 Å². The molecule has 0 aliphatic carbocycles. The first-order valence-corrected chi connectivity index (χ1v) is 8.88. The fraction of sp³-hybridized carbons (Fsp3) is 0.136. The van der Waals surface area contributed by atoms with Gasteiger partial charge in [-0.3, -0.25) is 4.79 Å². The molecule has 1 unspecified atom stereocenters. The van der Waals surface area contributed by atoms with E-state index in [1.807, 2.05) is 6.07 Å². The van der Waals surface area contributed by atoms with Crippen molar-refractivity contribution in [2.24, 2.45) is 0 Å². The van der Waals surface area contributed by atoms with E-state index in [1.165, 1.54) is 0 Å². The van der Waals surface area contributed by atoms with Crippen LogP contribution in [0.25, 0.3) is 10.8 Å². The van der Waals surface area contributed by atoms with Crippen LogP contribution in [0, 0.1) is 0 Å². The summed E-state index contributed by atoms with van der Waals surface area (Å²) >= 11 is 0. The first-order chi connectivity index (χ1) is 14.0. The third-order valence-corrected chi connectivity index (χ3v) is 4.51. The molecule has 0 bridgehead atoms. The van der Waals surface area contributed by atoms with E-state index in [1.54, 1.807) is 66.7 Å². The summed E-state index contributed by atoms with van der Waals surface area (Å²) in [6.45, 7) is -0.0645. The van der Waals surface area contributed by atoms with Gasteiger partial charge >= 0.3 is 18.0 Å². The highest BCUT2D eigenvalue weighted by molar-refractivity contribution is 5.95. The molecule has 0 saturated carbocycles. The Morgan fingerprint density at radius 3 is 2.17 bits per heavy atom. The molecule has 0 spiro atoms. The molecule has 3 N–H and O–H groups in total. The number of benzene rings is 3. The lowest BCUT2D eigenvalue weighted by atomic mass is 9.88. The van der Waals surface area contributed by atoms with Gasteiger partial charge in [0.2, 0.25) is 0 Å². The minimum atomic E-state index is -1.71. The maximum absolute atomic E-state index is 12.2. The Bertz CT molecular complexity index is 1030. The van der Waals surface area contributed by atoms with Gasteiger partial charge in [-0.1, -0.05) is 72.8 Å². The van der Waals surface area contributed by atoms with E-state index in [0.29, 0.717) is 10.9 Å². The number of carbonyl (C=O) groups excluding carboxylic acids is 1. The molecule has 7 heteroatoms. The number of carboxylic acid groups (broad SMARTS) is 2. The Hall–Kier alpha value is -3.87. The van der Waals surface area contributed by atoms with E-state index in [2.05, 4.69) is 5.32 Å². The van der Waals surface area contributed by atoms with E-state index < -0.39 is 30.0 Å². The van der Waals surface area contributed by atoms with Crippen LogP contribution in [0.4, 0.5) is 4.79 Å². The van der Waals surface area contributed by atoms with Gasteiger partial charge in [0.05, 0.1) is 0 Å². The number of hydrogen-bond acceptors (Lipinski definition) is 4. The minimum Gasteiger partial charge on any atom is -0.481 e. The van der Waals surface area contributed by atoms with Crippen LogP contribution in [0.5, 0.6) is 0 Å². The van der Waals surface area contributed by atoms with Gasteiger partial charge in [0.25, 0.3) is 0 Å². The second-order valence-corrected chi connectivity index (χ2v) is 6.41. The quantitative estimate of drug-likeness (QED) is 0.567. The van der Waals surface area contributed by atoms with Gasteiger partial charge in [-0.2, -0.15) is 0 Å². The van der Waals surface area contributed by atoms with Crippen molar-refractivity contribution in [2.45, 2.75) is 18.6 Å². The summed E-state index contributed by atoms with van der Waals surface area (Å²) in [7, 11) is 0. The van der Waals surface area contributed by atoms with E-state index in [0.717, 1.165) is 10.9 Å². The van der Waals surface area contributed by atoms with Crippen molar-refractivity contribution in [1.29, 1.82) is 0 Å². The van der Waals surface area contributed by atoms with E-state index in [4.69, 9.17) is 4.74 Å². The van der Waals surface area contributed by atoms with Crippen LogP contribution >= 0.6 is 0 Å². The molecule has 148 valence electrons. The average molecular weight is 393 g/mol. The van der Waals surface area contributed by atoms with Crippen molar-refractivity contribution in [3.8, 4) is 0 Å². The summed E-state index contributed by atoms with van der Waals surface area (Å²) in [6, 6.07) is 19.2. The zero-order valence-corrected chi connectivity index (χ0v) is 15.3. The number of ether oxygens (including phenoxy) is 1. The third kappa shape index (κ3) is 4.70. The number of carboxylic acids is 2. The zero-order valence-electron chi connectivity index (χ0n) is 15.3. The van der Waals surface area contributed by atoms with Crippen LogP contribution in [0.2, 0.25) is 0 Å². The monoisotopic (exact) mass is 393 g/mol. The van der Waals surface area contributed by atoms with Crippen molar-refractivity contribution in [2.75, 3.05) is 0 Å². The summed E-state index contributed by atoms with van der Waals surface area (Å²) in [5.74, 6) is -4.33. The molecular formula is C22H19NO6. The van der Waals surface area contributed by atoms with Crippen LogP contribution in [0.1, 0.15) is 17.0 Å². The van der Waals surface area contributed by atoms with Gasteiger partial charge in [-0.05, 0) is 21.9 Å². The third-order valence-electron chi connectivity index (χ3n) is 4.51. The van der Waals surface area contributed by atoms with E-state index >= 15 is 0 Å². The number of aliphatic carboxylic acids is 2.